The van der Waals surface area contributed by atoms with Crippen molar-refractivity contribution in [3.8, 4) is 0 Å². The molecule has 1 aromatic rings. The second-order valence-corrected chi connectivity index (χ2v) is 12.0. The van der Waals surface area contributed by atoms with Crippen LogP contribution in [0.15, 0.2) is 18.2 Å². The number of hydrogen-bond acceptors (Lipinski definition) is 5. The number of carbonyl (C=O) groups excluding carboxylic acids is 2. The van der Waals surface area contributed by atoms with Crippen LogP contribution in [0.3, 0.4) is 0 Å². The van der Waals surface area contributed by atoms with Crippen molar-refractivity contribution in [1.82, 2.24) is 15.5 Å². The van der Waals surface area contributed by atoms with Gasteiger partial charge in [-0.1, -0.05) is 47.0 Å². The predicted molar refractivity (Wildman–Crippen MR) is 152 cm³/mol. The first-order valence-corrected chi connectivity index (χ1v) is 15.2. The SMILES string of the molecule is CCCCCN1CC(C(=O)N[C@@H](Cc2cc(F)cc(F)c2)[C@H](O)[C@H]2C[C@@H](OCCCC)CN2)C(CC(C)C)C1=O. The smallest absolute Gasteiger partial charge is 0.226 e. The van der Waals surface area contributed by atoms with Gasteiger partial charge in [-0.05, 0) is 55.7 Å². The second-order valence-electron chi connectivity index (χ2n) is 12.0. The van der Waals surface area contributed by atoms with Gasteiger partial charge in [-0.2, -0.15) is 0 Å². The van der Waals surface area contributed by atoms with Crippen LogP contribution < -0.4 is 10.6 Å². The van der Waals surface area contributed by atoms with E-state index in [2.05, 4.69) is 24.5 Å². The summed E-state index contributed by atoms with van der Waals surface area (Å²) in [6, 6.07) is 2.10. The Hall–Kier alpha value is -2.10. The van der Waals surface area contributed by atoms with Crippen LogP contribution in [0.5, 0.6) is 0 Å². The maximum Gasteiger partial charge on any atom is 0.226 e. The number of unbranched alkanes of at least 4 members (excludes halogenated alkanes) is 3. The minimum atomic E-state index is -1.02. The molecule has 3 N–H and O–H groups in total. The van der Waals surface area contributed by atoms with Crippen molar-refractivity contribution in [3.05, 3.63) is 35.4 Å². The number of carbonyl (C=O) groups is 2. The molecule has 2 heterocycles. The number of nitrogens with zero attached hydrogens (tertiary/aromatic N) is 1. The molecule has 2 saturated heterocycles. The molecule has 226 valence electrons. The second kappa shape index (κ2) is 15.8. The summed E-state index contributed by atoms with van der Waals surface area (Å²) in [7, 11) is 0. The lowest BCUT2D eigenvalue weighted by Gasteiger charge is -2.30. The highest BCUT2D eigenvalue weighted by atomic mass is 19.1. The molecule has 0 aliphatic carbocycles. The summed E-state index contributed by atoms with van der Waals surface area (Å²) in [4.78, 5) is 28.8. The largest absolute Gasteiger partial charge is 0.389 e. The molecule has 6 atom stereocenters. The quantitative estimate of drug-likeness (QED) is 0.261. The van der Waals surface area contributed by atoms with Gasteiger partial charge in [-0.25, -0.2) is 8.78 Å². The number of halogens is 2. The number of amides is 2. The maximum absolute atomic E-state index is 14.0. The third-order valence-corrected chi connectivity index (χ3v) is 8.13. The molecule has 2 amide bonds. The lowest BCUT2D eigenvalue weighted by Crippen LogP contribution is -2.54. The van der Waals surface area contributed by atoms with E-state index >= 15 is 0 Å². The van der Waals surface area contributed by atoms with Crippen LogP contribution in [0.1, 0.15) is 78.2 Å². The number of aliphatic hydroxyl groups is 1. The van der Waals surface area contributed by atoms with Crippen LogP contribution in [-0.2, 0) is 20.7 Å². The molecule has 9 heteroatoms. The van der Waals surface area contributed by atoms with Gasteiger partial charge in [0.15, 0.2) is 0 Å². The zero-order valence-corrected chi connectivity index (χ0v) is 24.6. The van der Waals surface area contributed by atoms with E-state index in [1.807, 2.05) is 13.8 Å². The molecule has 40 heavy (non-hydrogen) atoms. The van der Waals surface area contributed by atoms with Gasteiger partial charge >= 0.3 is 0 Å². The summed E-state index contributed by atoms with van der Waals surface area (Å²) in [6.07, 6.45) is 5.10. The summed E-state index contributed by atoms with van der Waals surface area (Å²) in [6.45, 7) is 10.5. The van der Waals surface area contributed by atoms with Crippen LogP contribution in [0, 0.1) is 29.4 Å². The molecular formula is C31H49F2N3O4. The Kier molecular flexibility index (Phi) is 12.8. The number of hydrogen-bond donors (Lipinski definition) is 3. The van der Waals surface area contributed by atoms with E-state index in [4.69, 9.17) is 4.74 Å². The van der Waals surface area contributed by atoms with E-state index in [1.54, 1.807) is 4.90 Å². The van der Waals surface area contributed by atoms with Crippen molar-refractivity contribution in [1.29, 1.82) is 0 Å². The number of benzene rings is 1. The van der Waals surface area contributed by atoms with Crippen molar-refractivity contribution >= 4 is 11.8 Å². The number of likely N-dealkylation sites (tertiary alicyclic amines) is 1. The minimum absolute atomic E-state index is 0.0128. The number of ether oxygens (including phenoxy) is 1. The van der Waals surface area contributed by atoms with Gasteiger partial charge in [-0.3, -0.25) is 9.59 Å². The fourth-order valence-electron chi connectivity index (χ4n) is 5.98. The molecule has 1 aromatic carbocycles. The third-order valence-electron chi connectivity index (χ3n) is 8.13. The molecule has 7 nitrogen and oxygen atoms in total. The highest BCUT2D eigenvalue weighted by Gasteiger charge is 2.45. The first kappa shape index (κ1) is 32.4. The van der Waals surface area contributed by atoms with Crippen molar-refractivity contribution in [2.45, 2.75) is 103 Å². The van der Waals surface area contributed by atoms with E-state index in [9.17, 15) is 23.5 Å². The Bertz CT molecular complexity index is 942. The van der Waals surface area contributed by atoms with Gasteiger partial charge in [-0.15, -0.1) is 0 Å². The minimum Gasteiger partial charge on any atom is -0.389 e. The summed E-state index contributed by atoms with van der Waals surface area (Å²) in [5, 5.41) is 17.8. The zero-order valence-electron chi connectivity index (χ0n) is 24.6. The van der Waals surface area contributed by atoms with Crippen LogP contribution in [-0.4, -0.2) is 72.4 Å². The number of aliphatic hydroxyl groups excluding tert-OH is 1. The molecule has 3 rings (SSSR count). The van der Waals surface area contributed by atoms with Crippen LogP contribution in [0.2, 0.25) is 0 Å². The third kappa shape index (κ3) is 9.21. The molecule has 2 fully saturated rings. The lowest BCUT2D eigenvalue weighted by atomic mass is 9.86. The van der Waals surface area contributed by atoms with Crippen molar-refractivity contribution in [2.24, 2.45) is 17.8 Å². The summed E-state index contributed by atoms with van der Waals surface area (Å²) >= 11 is 0. The standard InChI is InChI=1S/C31H49F2N3O4/c1-5-7-9-10-36-19-26(25(31(36)39)12-20(3)4)30(38)35-28(15-21-13-22(32)16-23(33)14-21)29(37)27-17-24(18-34-27)40-11-8-6-2/h13-14,16,20,24-29,34,37H,5-12,15,17-19H2,1-4H3,(H,35,38)/t24-,25?,26?,27-,28+,29-/m1/s1. The van der Waals surface area contributed by atoms with Gasteiger partial charge in [0.2, 0.25) is 11.8 Å². The fraction of sp³-hybridized carbons (Fsp3) is 0.742. The van der Waals surface area contributed by atoms with Gasteiger partial charge in [0, 0.05) is 38.3 Å². The monoisotopic (exact) mass is 565 g/mol. The first-order chi connectivity index (χ1) is 19.1. The first-order valence-electron chi connectivity index (χ1n) is 15.2. The summed E-state index contributed by atoms with van der Waals surface area (Å²) < 4.78 is 34.0. The molecule has 2 aliphatic rings. The average molecular weight is 566 g/mol. The molecule has 0 radical (unpaired) electrons. The summed E-state index contributed by atoms with van der Waals surface area (Å²) in [5.74, 6) is -2.43. The van der Waals surface area contributed by atoms with Gasteiger partial charge < -0.3 is 25.4 Å². The Morgan fingerprint density at radius 2 is 1.85 bits per heavy atom. The molecule has 0 saturated carbocycles. The van der Waals surface area contributed by atoms with Crippen LogP contribution in [0.4, 0.5) is 8.78 Å². The Labute approximate surface area is 238 Å². The van der Waals surface area contributed by atoms with E-state index < -0.39 is 35.6 Å². The van der Waals surface area contributed by atoms with Crippen molar-refractivity contribution in [3.63, 3.8) is 0 Å². The molecule has 0 spiro atoms. The van der Waals surface area contributed by atoms with E-state index in [0.717, 1.165) is 38.2 Å². The molecular weight excluding hydrogens is 516 g/mol. The van der Waals surface area contributed by atoms with Gasteiger partial charge in [0.05, 0.1) is 30.1 Å². The van der Waals surface area contributed by atoms with Crippen LogP contribution >= 0.6 is 0 Å². The average Bonchev–Trinajstić information content (AvgIpc) is 3.48. The normalized spacial score (nSPS) is 24.6. The fourth-order valence-corrected chi connectivity index (χ4v) is 5.98. The van der Waals surface area contributed by atoms with E-state index in [1.165, 1.54) is 12.1 Å². The zero-order chi connectivity index (χ0) is 29.2. The number of rotatable bonds is 16. The number of nitrogens with one attached hydrogen (secondary N) is 2. The molecule has 0 aromatic heterocycles. The molecule has 0 bridgehead atoms. The maximum atomic E-state index is 14.0. The predicted octanol–water partition coefficient (Wildman–Crippen LogP) is 4.21. The Morgan fingerprint density at radius 1 is 1.15 bits per heavy atom. The lowest BCUT2D eigenvalue weighted by molar-refractivity contribution is -0.134. The van der Waals surface area contributed by atoms with E-state index in [0.29, 0.717) is 44.6 Å². The van der Waals surface area contributed by atoms with E-state index in [-0.39, 0.29) is 36.3 Å². The molecule has 2 aliphatic heterocycles. The Balaban J connectivity index is 1.77. The van der Waals surface area contributed by atoms with Gasteiger partial charge in [0.25, 0.3) is 0 Å². The van der Waals surface area contributed by atoms with Crippen LogP contribution in [0.25, 0.3) is 0 Å². The highest BCUT2D eigenvalue weighted by molar-refractivity contribution is 5.91. The van der Waals surface area contributed by atoms with Crippen molar-refractivity contribution < 1.29 is 28.2 Å². The summed E-state index contributed by atoms with van der Waals surface area (Å²) in [5.41, 5.74) is 0.345. The molecule has 2 unspecified atom stereocenters. The highest BCUT2D eigenvalue weighted by Crippen LogP contribution is 2.31. The topological polar surface area (TPSA) is 90.9 Å². The van der Waals surface area contributed by atoms with Crippen molar-refractivity contribution in [2.75, 3.05) is 26.2 Å². The Morgan fingerprint density at radius 3 is 2.50 bits per heavy atom. The van der Waals surface area contributed by atoms with Gasteiger partial charge in [0.1, 0.15) is 11.6 Å².